The molecule has 0 aliphatic carbocycles. The molecule has 4 heteroatoms. The lowest BCUT2D eigenvalue weighted by atomic mass is 9.98. The van der Waals surface area contributed by atoms with Crippen molar-refractivity contribution in [1.82, 2.24) is 19.9 Å². The van der Waals surface area contributed by atoms with Crippen molar-refractivity contribution >= 4 is 43.4 Å². The highest BCUT2D eigenvalue weighted by Crippen LogP contribution is 2.32. The Morgan fingerprint density at radius 3 is 1.89 bits per heavy atom. The first kappa shape index (κ1) is 26.2. The van der Waals surface area contributed by atoms with E-state index < -0.39 is 0 Å². The molecule has 0 N–H and O–H groups in total. The monoisotopic (exact) mass is 586 g/mol. The summed E-state index contributed by atoms with van der Waals surface area (Å²) in [4.78, 5) is 19.5. The number of aromatic nitrogens is 4. The molecule has 5 aromatic carbocycles. The van der Waals surface area contributed by atoms with Crippen LogP contribution in [0.15, 0.2) is 158 Å². The minimum absolute atomic E-state index is 0.849. The summed E-state index contributed by atoms with van der Waals surface area (Å²) in [6.45, 7) is 0. The van der Waals surface area contributed by atoms with Gasteiger partial charge in [0.2, 0.25) is 0 Å². The first-order valence-electron chi connectivity index (χ1n) is 15.4. The van der Waals surface area contributed by atoms with Gasteiger partial charge in [-0.05, 0) is 76.3 Å². The summed E-state index contributed by atoms with van der Waals surface area (Å²) in [6.07, 6.45) is 3.85. The van der Waals surface area contributed by atoms with E-state index in [1.54, 1.807) is 0 Å². The summed E-state index contributed by atoms with van der Waals surface area (Å²) in [5.74, 6) is 0. The van der Waals surface area contributed by atoms with Gasteiger partial charge in [-0.2, -0.15) is 0 Å². The average Bonchev–Trinajstić information content (AvgIpc) is 3.13. The molecule has 0 radical (unpaired) electrons. The predicted octanol–water partition coefficient (Wildman–Crippen LogP) is 10.5. The zero-order chi connectivity index (χ0) is 30.5. The summed E-state index contributed by atoms with van der Waals surface area (Å²) in [5, 5.41) is 6.92. The van der Waals surface area contributed by atoms with Crippen LogP contribution >= 0.6 is 0 Å². The number of fused-ring (bicyclic) bond motifs is 4. The van der Waals surface area contributed by atoms with Crippen molar-refractivity contribution in [3.05, 3.63) is 158 Å². The topological polar surface area (TPSA) is 51.6 Å². The zero-order valence-corrected chi connectivity index (χ0v) is 24.8. The molecule has 0 fully saturated rings. The van der Waals surface area contributed by atoms with Crippen molar-refractivity contribution in [2.24, 2.45) is 0 Å². The maximum atomic E-state index is 5.05. The maximum absolute atomic E-state index is 5.05. The van der Waals surface area contributed by atoms with Crippen molar-refractivity contribution in [3.8, 4) is 45.0 Å². The molecule has 4 aromatic heterocycles. The van der Waals surface area contributed by atoms with Gasteiger partial charge in [-0.15, -0.1) is 0 Å². The molecule has 4 heterocycles. The summed E-state index contributed by atoms with van der Waals surface area (Å²) in [7, 11) is 0. The molecule has 4 nitrogen and oxygen atoms in total. The third-order valence-electron chi connectivity index (χ3n) is 8.69. The first-order valence-corrected chi connectivity index (χ1v) is 15.4. The quantitative estimate of drug-likeness (QED) is 0.193. The molecule has 0 unspecified atom stereocenters. The third kappa shape index (κ3) is 4.64. The lowest BCUT2D eigenvalue weighted by molar-refractivity contribution is 1.28. The van der Waals surface area contributed by atoms with Crippen molar-refractivity contribution in [3.63, 3.8) is 0 Å². The van der Waals surface area contributed by atoms with Crippen LogP contribution in [0.5, 0.6) is 0 Å². The van der Waals surface area contributed by atoms with Crippen LogP contribution < -0.4 is 0 Å². The van der Waals surface area contributed by atoms with Crippen LogP contribution in [0.4, 0.5) is 0 Å². The molecule has 46 heavy (non-hydrogen) atoms. The molecule has 0 aliphatic rings. The van der Waals surface area contributed by atoms with Crippen LogP contribution in [-0.2, 0) is 0 Å². The van der Waals surface area contributed by atoms with Gasteiger partial charge in [0.25, 0.3) is 0 Å². The Hall–Kier alpha value is -6.26. The Balaban J connectivity index is 1.04. The molecular weight excluding hydrogens is 560 g/mol. The number of benzene rings is 5. The highest BCUT2D eigenvalue weighted by Gasteiger charge is 2.10. The molecule has 0 saturated carbocycles. The van der Waals surface area contributed by atoms with E-state index in [4.69, 9.17) is 15.0 Å². The minimum Gasteiger partial charge on any atom is -0.263 e. The standard InChI is InChI=1S/C42H26N4/c1-2-8-28-24-42-33(21-27(28)7-1)17-20-41(46-42)40-14-6-13-37(45-40)31-15-19-39-32(23-31)16-18-38(44-39)30-11-5-10-29(22-30)36-26-43-25-34-9-3-4-12-35(34)36/h1-26H. The van der Waals surface area contributed by atoms with Gasteiger partial charge in [0, 0.05) is 45.2 Å². The van der Waals surface area contributed by atoms with E-state index in [0.29, 0.717) is 0 Å². The molecule has 214 valence electrons. The molecule has 0 saturated heterocycles. The number of pyridine rings is 4. The molecule has 0 aliphatic heterocycles. The van der Waals surface area contributed by atoms with Crippen molar-refractivity contribution in [2.45, 2.75) is 0 Å². The van der Waals surface area contributed by atoms with E-state index >= 15 is 0 Å². The lowest BCUT2D eigenvalue weighted by Gasteiger charge is -2.10. The second-order valence-electron chi connectivity index (χ2n) is 11.6. The fourth-order valence-corrected chi connectivity index (χ4v) is 6.33. The van der Waals surface area contributed by atoms with E-state index in [0.717, 1.165) is 72.2 Å². The van der Waals surface area contributed by atoms with Crippen LogP contribution in [0.1, 0.15) is 0 Å². The molecule has 0 bridgehead atoms. The van der Waals surface area contributed by atoms with Crippen LogP contribution in [0, 0.1) is 0 Å². The highest BCUT2D eigenvalue weighted by molar-refractivity contribution is 5.98. The highest BCUT2D eigenvalue weighted by atomic mass is 14.8. The molecule has 0 spiro atoms. The van der Waals surface area contributed by atoms with Gasteiger partial charge in [0.1, 0.15) is 0 Å². The first-order chi connectivity index (χ1) is 22.7. The van der Waals surface area contributed by atoms with Gasteiger partial charge < -0.3 is 0 Å². The predicted molar refractivity (Wildman–Crippen MR) is 189 cm³/mol. The Morgan fingerprint density at radius 1 is 0.326 bits per heavy atom. The molecule has 9 aromatic rings. The summed E-state index contributed by atoms with van der Waals surface area (Å²) in [6, 6.07) is 50.5. The van der Waals surface area contributed by atoms with Crippen LogP contribution in [0.3, 0.4) is 0 Å². The summed E-state index contributed by atoms with van der Waals surface area (Å²) in [5.41, 5.74) is 9.81. The van der Waals surface area contributed by atoms with Crippen molar-refractivity contribution < 1.29 is 0 Å². The molecule has 9 rings (SSSR count). The average molecular weight is 587 g/mol. The third-order valence-corrected chi connectivity index (χ3v) is 8.69. The lowest BCUT2D eigenvalue weighted by Crippen LogP contribution is -1.92. The molecule has 0 amide bonds. The second kappa shape index (κ2) is 10.7. The Labute approximate surface area is 265 Å². The van der Waals surface area contributed by atoms with Gasteiger partial charge in [0.05, 0.1) is 33.8 Å². The van der Waals surface area contributed by atoms with Gasteiger partial charge in [-0.1, -0.05) is 91.0 Å². The Kier molecular flexibility index (Phi) is 6.10. The van der Waals surface area contributed by atoms with Gasteiger partial charge >= 0.3 is 0 Å². The summed E-state index contributed by atoms with van der Waals surface area (Å²) >= 11 is 0. The van der Waals surface area contributed by atoms with Crippen LogP contribution in [0.2, 0.25) is 0 Å². The van der Waals surface area contributed by atoms with Gasteiger partial charge in [-0.3, -0.25) is 4.98 Å². The fraction of sp³-hybridized carbons (Fsp3) is 0. The minimum atomic E-state index is 0.849. The second-order valence-corrected chi connectivity index (χ2v) is 11.6. The van der Waals surface area contributed by atoms with Crippen molar-refractivity contribution in [2.75, 3.05) is 0 Å². The largest absolute Gasteiger partial charge is 0.263 e. The van der Waals surface area contributed by atoms with E-state index in [9.17, 15) is 0 Å². The number of hydrogen-bond donors (Lipinski definition) is 0. The van der Waals surface area contributed by atoms with Crippen molar-refractivity contribution in [1.29, 1.82) is 0 Å². The fourth-order valence-electron chi connectivity index (χ4n) is 6.33. The number of nitrogens with zero attached hydrogens (tertiary/aromatic N) is 4. The van der Waals surface area contributed by atoms with Gasteiger partial charge in [0.15, 0.2) is 0 Å². The van der Waals surface area contributed by atoms with Crippen LogP contribution in [-0.4, -0.2) is 19.9 Å². The Morgan fingerprint density at radius 2 is 0.978 bits per heavy atom. The van der Waals surface area contributed by atoms with Crippen LogP contribution in [0.25, 0.3) is 88.4 Å². The van der Waals surface area contributed by atoms with E-state index in [-0.39, 0.29) is 0 Å². The zero-order valence-electron chi connectivity index (χ0n) is 24.8. The summed E-state index contributed by atoms with van der Waals surface area (Å²) < 4.78 is 0. The van der Waals surface area contributed by atoms with E-state index in [1.165, 1.54) is 16.2 Å². The number of hydrogen-bond acceptors (Lipinski definition) is 4. The smallest absolute Gasteiger partial charge is 0.0894 e. The Bertz CT molecular complexity index is 2600. The van der Waals surface area contributed by atoms with E-state index in [2.05, 4.69) is 132 Å². The number of rotatable bonds is 4. The maximum Gasteiger partial charge on any atom is 0.0894 e. The van der Waals surface area contributed by atoms with E-state index in [1.807, 2.05) is 30.6 Å². The molecule has 0 atom stereocenters. The van der Waals surface area contributed by atoms with Gasteiger partial charge in [-0.25, -0.2) is 15.0 Å². The SMILES string of the molecule is c1cc(-c2ccc3cc(-c4cccc(-c5ccc6cc7ccccc7cc6n5)n4)ccc3n2)cc(-c2cncc3ccccc23)c1. The molecular formula is C42H26N4. The normalized spacial score (nSPS) is 11.5.